The number of nitrogens with zero attached hydrogens (tertiary/aromatic N) is 2. The third-order valence-corrected chi connectivity index (χ3v) is 4.55. The van der Waals surface area contributed by atoms with Gasteiger partial charge >= 0.3 is 0 Å². The molecule has 0 unspecified atom stereocenters. The first kappa shape index (κ1) is 18.8. The number of hydrogen-bond acceptors (Lipinski definition) is 5. The van der Waals surface area contributed by atoms with Crippen LogP contribution in [0.3, 0.4) is 0 Å². The lowest BCUT2D eigenvalue weighted by Gasteiger charge is -2.14. The summed E-state index contributed by atoms with van der Waals surface area (Å²) < 4.78 is 0. The fraction of sp³-hybridized carbons (Fsp3) is 0.273. The van der Waals surface area contributed by atoms with Gasteiger partial charge in [0, 0.05) is 16.6 Å². The Morgan fingerprint density at radius 2 is 1.70 bits per heavy atom. The summed E-state index contributed by atoms with van der Waals surface area (Å²) in [5.41, 5.74) is 16.7. The minimum Gasteiger partial charge on any atom is -0.340 e. The lowest BCUT2D eigenvalue weighted by molar-refractivity contribution is 0.792. The van der Waals surface area contributed by atoms with Gasteiger partial charge in [-0.3, -0.25) is 0 Å². The number of fused-ring (bicyclic) bond motifs is 1. The Kier molecular flexibility index (Phi) is 6.37. The Morgan fingerprint density at radius 3 is 2.41 bits per heavy atom. The van der Waals surface area contributed by atoms with Gasteiger partial charge < -0.3 is 16.8 Å². The Bertz CT molecular complexity index is 959. The summed E-state index contributed by atoms with van der Waals surface area (Å²) in [6.45, 7) is 1.35. The fourth-order valence-corrected chi connectivity index (χ4v) is 3.16. The molecule has 138 valence electrons. The second kappa shape index (κ2) is 9.13. The third kappa shape index (κ3) is 4.62. The predicted octanol–water partition coefficient (Wildman–Crippen LogP) is 3.14. The molecule has 0 bridgehead atoms. The molecule has 5 N–H and O–H groups in total. The quantitative estimate of drug-likeness (QED) is 0.538. The van der Waals surface area contributed by atoms with Crippen molar-refractivity contribution in [3.63, 3.8) is 0 Å². The standard InChI is InChI=1S/C22H25N5/c1-2-16-6-3-9-19(12-16)27-22-20-13-17(7-4-10-23)18(8-5-11-24)14-21(20)25-15-26-22/h1,3,6,9,12-15H,4-5,7-8,10-11,23-24H2,(H,25,26,27). The molecular formula is C22H25N5. The zero-order valence-corrected chi connectivity index (χ0v) is 15.4. The first-order valence-corrected chi connectivity index (χ1v) is 9.25. The summed E-state index contributed by atoms with van der Waals surface area (Å²) >= 11 is 0. The summed E-state index contributed by atoms with van der Waals surface area (Å²) in [4.78, 5) is 8.92. The van der Waals surface area contributed by atoms with Crippen LogP contribution in [-0.4, -0.2) is 23.1 Å². The highest BCUT2D eigenvalue weighted by molar-refractivity contribution is 5.91. The SMILES string of the molecule is C#Cc1cccc(Nc2ncnc3cc(CCCN)c(CCCN)cc23)c1. The Hall–Kier alpha value is -2.94. The Balaban J connectivity index is 2.01. The second-order valence-corrected chi connectivity index (χ2v) is 6.49. The van der Waals surface area contributed by atoms with Crippen LogP contribution in [0.2, 0.25) is 0 Å². The van der Waals surface area contributed by atoms with Crippen molar-refractivity contribution in [1.29, 1.82) is 0 Å². The van der Waals surface area contributed by atoms with E-state index in [1.54, 1.807) is 6.33 Å². The van der Waals surface area contributed by atoms with Crippen LogP contribution in [0, 0.1) is 12.3 Å². The van der Waals surface area contributed by atoms with E-state index in [0.717, 1.165) is 53.7 Å². The van der Waals surface area contributed by atoms with Crippen molar-refractivity contribution in [2.45, 2.75) is 25.7 Å². The molecule has 0 aliphatic carbocycles. The summed E-state index contributed by atoms with van der Waals surface area (Å²) in [6, 6.07) is 12.1. The number of aromatic nitrogens is 2. The van der Waals surface area contributed by atoms with Crippen LogP contribution in [-0.2, 0) is 12.8 Å². The van der Waals surface area contributed by atoms with Crippen molar-refractivity contribution in [3.8, 4) is 12.3 Å². The zero-order valence-electron chi connectivity index (χ0n) is 15.4. The average Bonchev–Trinajstić information content (AvgIpc) is 2.71. The topological polar surface area (TPSA) is 89.8 Å². The number of rotatable bonds is 8. The average molecular weight is 359 g/mol. The van der Waals surface area contributed by atoms with Crippen molar-refractivity contribution < 1.29 is 0 Å². The molecule has 2 aromatic carbocycles. The van der Waals surface area contributed by atoms with Crippen molar-refractivity contribution in [2.24, 2.45) is 11.5 Å². The lowest BCUT2D eigenvalue weighted by Crippen LogP contribution is -2.06. The van der Waals surface area contributed by atoms with Crippen LogP contribution in [0.15, 0.2) is 42.7 Å². The van der Waals surface area contributed by atoms with Gasteiger partial charge in [-0.1, -0.05) is 12.0 Å². The van der Waals surface area contributed by atoms with Gasteiger partial charge in [0.1, 0.15) is 12.1 Å². The van der Waals surface area contributed by atoms with E-state index in [4.69, 9.17) is 17.9 Å². The van der Waals surface area contributed by atoms with Crippen molar-refractivity contribution in [3.05, 3.63) is 59.4 Å². The smallest absolute Gasteiger partial charge is 0.141 e. The monoisotopic (exact) mass is 359 g/mol. The molecule has 0 aliphatic heterocycles. The first-order chi connectivity index (χ1) is 13.2. The number of nitrogens with two attached hydrogens (primary N) is 2. The van der Waals surface area contributed by atoms with E-state index in [-0.39, 0.29) is 0 Å². The molecule has 3 aromatic rings. The normalized spacial score (nSPS) is 10.7. The van der Waals surface area contributed by atoms with Crippen LogP contribution in [0.1, 0.15) is 29.5 Å². The van der Waals surface area contributed by atoms with Gasteiger partial charge in [-0.05, 0) is 80.2 Å². The van der Waals surface area contributed by atoms with Gasteiger partial charge in [0.15, 0.2) is 0 Å². The maximum absolute atomic E-state index is 5.73. The molecule has 0 fully saturated rings. The number of terminal acetylenes is 1. The molecule has 0 spiro atoms. The van der Waals surface area contributed by atoms with Crippen LogP contribution in [0.5, 0.6) is 0 Å². The zero-order chi connectivity index (χ0) is 19.1. The van der Waals surface area contributed by atoms with Gasteiger partial charge in [-0.2, -0.15) is 0 Å². The molecule has 0 saturated carbocycles. The highest BCUT2D eigenvalue weighted by atomic mass is 15.0. The number of hydrogen-bond donors (Lipinski definition) is 3. The van der Waals surface area contributed by atoms with E-state index in [1.165, 1.54) is 11.1 Å². The molecule has 0 aliphatic rings. The van der Waals surface area contributed by atoms with E-state index < -0.39 is 0 Å². The molecule has 0 radical (unpaired) electrons. The van der Waals surface area contributed by atoms with Gasteiger partial charge in [0.05, 0.1) is 5.52 Å². The van der Waals surface area contributed by atoms with E-state index in [1.807, 2.05) is 24.3 Å². The van der Waals surface area contributed by atoms with E-state index in [2.05, 4.69) is 33.3 Å². The van der Waals surface area contributed by atoms with Crippen LogP contribution >= 0.6 is 0 Å². The van der Waals surface area contributed by atoms with Gasteiger partial charge in [0.25, 0.3) is 0 Å². The van der Waals surface area contributed by atoms with Crippen LogP contribution in [0.4, 0.5) is 11.5 Å². The minimum absolute atomic E-state index is 0.670. The Labute approximate surface area is 160 Å². The number of nitrogens with one attached hydrogen (secondary N) is 1. The summed E-state index contributed by atoms with van der Waals surface area (Å²) in [5.74, 6) is 3.43. The summed E-state index contributed by atoms with van der Waals surface area (Å²) in [7, 11) is 0. The van der Waals surface area contributed by atoms with Crippen LogP contribution in [0.25, 0.3) is 10.9 Å². The molecule has 3 rings (SSSR count). The first-order valence-electron chi connectivity index (χ1n) is 9.25. The van der Waals surface area contributed by atoms with Gasteiger partial charge in [-0.25, -0.2) is 9.97 Å². The molecule has 1 aromatic heterocycles. The Morgan fingerprint density at radius 1 is 0.963 bits per heavy atom. The molecule has 0 amide bonds. The molecular weight excluding hydrogens is 334 g/mol. The summed E-state index contributed by atoms with van der Waals surface area (Å²) in [5, 5.41) is 4.37. The molecule has 0 saturated heterocycles. The lowest BCUT2D eigenvalue weighted by atomic mass is 9.96. The maximum Gasteiger partial charge on any atom is 0.141 e. The molecule has 1 heterocycles. The number of aryl methyl sites for hydroxylation is 2. The predicted molar refractivity (Wildman–Crippen MR) is 112 cm³/mol. The van der Waals surface area contributed by atoms with Crippen molar-refractivity contribution in [2.75, 3.05) is 18.4 Å². The van der Waals surface area contributed by atoms with E-state index >= 15 is 0 Å². The highest BCUT2D eigenvalue weighted by Gasteiger charge is 2.10. The number of anilines is 2. The van der Waals surface area contributed by atoms with Crippen molar-refractivity contribution >= 4 is 22.4 Å². The highest BCUT2D eigenvalue weighted by Crippen LogP contribution is 2.27. The third-order valence-electron chi connectivity index (χ3n) is 4.55. The summed E-state index contributed by atoms with van der Waals surface area (Å²) in [6.07, 6.45) is 10.9. The minimum atomic E-state index is 0.670. The number of benzene rings is 2. The largest absolute Gasteiger partial charge is 0.340 e. The fourth-order valence-electron chi connectivity index (χ4n) is 3.16. The van der Waals surface area contributed by atoms with E-state index in [9.17, 15) is 0 Å². The second-order valence-electron chi connectivity index (χ2n) is 6.49. The van der Waals surface area contributed by atoms with E-state index in [0.29, 0.717) is 13.1 Å². The van der Waals surface area contributed by atoms with Crippen LogP contribution < -0.4 is 16.8 Å². The van der Waals surface area contributed by atoms with Crippen molar-refractivity contribution in [1.82, 2.24) is 9.97 Å². The molecule has 27 heavy (non-hydrogen) atoms. The van der Waals surface area contributed by atoms with Gasteiger partial charge in [-0.15, -0.1) is 6.42 Å². The molecule has 0 atom stereocenters. The van der Waals surface area contributed by atoms with Gasteiger partial charge in [0.2, 0.25) is 0 Å². The molecule has 5 nitrogen and oxygen atoms in total. The maximum atomic E-state index is 5.73. The molecule has 5 heteroatoms.